The summed E-state index contributed by atoms with van der Waals surface area (Å²) in [6.07, 6.45) is 0.176. The van der Waals surface area contributed by atoms with Gasteiger partial charge < -0.3 is 20.5 Å². The second-order valence-electron chi connectivity index (χ2n) is 4.13. The standard InChI is InChI=1S/C13H17FN2O4/c1-20-7-6-11(12(17)18)16-13(19)15-8-9-2-4-10(14)5-3-9/h2-5,11H,6-8H2,1H3,(H,17,18)(H2,15,16,19). The number of halogens is 1. The first-order valence-corrected chi connectivity index (χ1v) is 6.03. The summed E-state index contributed by atoms with van der Waals surface area (Å²) in [5.74, 6) is -1.48. The highest BCUT2D eigenvalue weighted by Gasteiger charge is 2.19. The molecule has 0 aliphatic carbocycles. The smallest absolute Gasteiger partial charge is 0.326 e. The van der Waals surface area contributed by atoms with Gasteiger partial charge in [0.15, 0.2) is 0 Å². The number of carboxylic acids is 1. The molecule has 1 rings (SSSR count). The summed E-state index contributed by atoms with van der Waals surface area (Å²) in [4.78, 5) is 22.5. The molecule has 0 saturated heterocycles. The number of aliphatic carboxylic acids is 1. The number of amides is 2. The van der Waals surface area contributed by atoms with Gasteiger partial charge in [-0.05, 0) is 17.7 Å². The Bertz CT molecular complexity index is 450. The van der Waals surface area contributed by atoms with Gasteiger partial charge in [-0.3, -0.25) is 0 Å². The summed E-state index contributed by atoms with van der Waals surface area (Å²) in [7, 11) is 1.45. The number of urea groups is 1. The average Bonchev–Trinajstić information content (AvgIpc) is 2.42. The SMILES string of the molecule is COCCC(NC(=O)NCc1ccc(F)cc1)C(=O)O. The molecule has 2 amide bonds. The number of carbonyl (C=O) groups excluding carboxylic acids is 1. The molecule has 0 fully saturated rings. The molecule has 1 aromatic carbocycles. The first-order valence-electron chi connectivity index (χ1n) is 6.03. The quantitative estimate of drug-likeness (QED) is 0.700. The lowest BCUT2D eigenvalue weighted by molar-refractivity contribution is -0.139. The van der Waals surface area contributed by atoms with Gasteiger partial charge in [-0.25, -0.2) is 14.0 Å². The van der Waals surface area contributed by atoms with E-state index >= 15 is 0 Å². The number of carboxylic acid groups (broad SMARTS) is 1. The van der Waals surface area contributed by atoms with Crippen LogP contribution >= 0.6 is 0 Å². The Morgan fingerprint density at radius 3 is 2.55 bits per heavy atom. The molecule has 1 atom stereocenters. The molecule has 1 unspecified atom stereocenters. The van der Waals surface area contributed by atoms with Crippen LogP contribution in [0.15, 0.2) is 24.3 Å². The molecule has 0 heterocycles. The Balaban J connectivity index is 2.41. The monoisotopic (exact) mass is 284 g/mol. The van der Waals surface area contributed by atoms with Crippen molar-refractivity contribution in [2.75, 3.05) is 13.7 Å². The maximum absolute atomic E-state index is 12.7. The Morgan fingerprint density at radius 2 is 2.00 bits per heavy atom. The van der Waals surface area contributed by atoms with E-state index in [1.54, 1.807) is 0 Å². The first kappa shape index (κ1) is 15.9. The van der Waals surface area contributed by atoms with Crippen molar-refractivity contribution in [3.05, 3.63) is 35.6 Å². The summed E-state index contributed by atoms with van der Waals surface area (Å²) < 4.78 is 17.5. The van der Waals surface area contributed by atoms with E-state index in [9.17, 15) is 14.0 Å². The van der Waals surface area contributed by atoms with Crippen molar-refractivity contribution in [3.8, 4) is 0 Å². The summed E-state index contributed by atoms with van der Waals surface area (Å²) >= 11 is 0. The predicted molar refractivity (Wildman–Crippen MR) is 69.7 cm³/mol. The zero-order chi connectivity index (χ0) is 15.0. The Kier molecular flexibility index (Phi) is 6.45. The molecule has 0 aromatic heterocycles. The van der Waals surface area contributed by atoms with Crippen LogP contribution in [0.3, 0.4) is 0 Å². The molecule has 110 valence electrons. The van der Waals surface area contributed by atoms with Crippen LogP contribution in [0.2, 0.25) is 0 Å². The highest BCUT2D eigenvalue weighted by Crippen LogP contribution is 2.02. The van der Waals surface area contributed by atoms with Gasteiger partial charge in [0.2, 0.25) is 0 Å². The van der Waals surface area contributed by atoms with Crippen LogP contribution in [0.4, 0.5) is 9.18 Å². The zero-order valence-electron chi connectivity index (χ0n) is 11.1. The molecule has 0 aliphatic heterocycles. The highest BCUT2D eigenvalue weighted by molar-refractivity contribution is 5.82. The van der Waals surface area contributed by atoms with E-state index in [1.807, 2.05) is 0 Å². The third-order valence-corrected chi connectivity index (χ3v) is 2.58. The third kappa shape index (κ3) is 5.66. The Morgan fingerprint density at radius 1 is 1.35 bits per heavy atom. The topological polar surface area (TPSA) is 87.7 Å². The van der Waals surface area contributed by atoms with Crippen LogP contribution in [-0.4, -0.2) is 36.9 Å². The number of hydrogen-bond acceptors (Lipinski definition) is 3. The van der Waals surface area contributed by atoms with Gasteiger partial charge in [0.1, 0.15) is 11.9 Å². The van der Waals surface area contributed by atoms with Crippen LogP contribution in [0.25, 0.3) is 0 Å². The number of rotatable bonds is 7. The van der Waals surface area contributed by atoms with Crippen molar-refractivity contribution < 1.29 is 23.8 Å². The Hall–Kier alpha value is -2.15. The molecule has 7 heteroatoms. The van der Waals surface area contributed by atoms with E-state index in [1.165, 1.54) is 31.4 Å². The summed E-state index contributed by atoms with van der Waals surface area (Å²) in [5, 5.41) is 13.8. The van der Waals surface area contributed by atoms with Gasteiger partial charge in [0, 0.05) is 26.7 Å². The fourth-order valence-electron chi connectivity index (χ4n) is 1.49. The van der Waals surface area contributed by atoms with Crippen LogP contribution in [0, 0.1) is 5.82 Å². The van der Waals surface area contributed by atoms with Crippen molar-refractivity contribution >= 4 is 12.0 Å². The minimum atomic E-state index is -1.13. The van der Waals surface area contributed by atoms with Crippen molar-refractivity contribution in [1.82, 2.24) is 10.6 Å². The van der Waals surface area contributed by atoms with Crippen LogP contribution < -0.4 is 10.6 Å². The van der Waals surface area contributed by atoms with E-state index in [0.717, 1.165) is 0 Å². The predicted octanol–water partition coefficient (Wildman–Crippen LogP) is 1.11. The third-order valence-electron chi connectivity index (χ3n) is 2.58. The molecule has 0 bridgehead atoms. The van der Waals surface area contributed by atoms with Crippen molar-refractivity contribution in [2.24, 2.45) is 0 Å². The average molecular weight is 284 g/mol. The van der Waals surface area contributed by atoms with E-state index in [4.69, 9.17) is 9.84 Å². The molecule has 0 aliphatic rings. The lowest BCUT2D eigenvalue weighted by atomic mass is 10.2. The normalized spacial score (nSPS) is 11.7. The molecule has 3 N–H and O–H groups in total. The second kappa shape index (κ2) is 8.11. The number of hydrogen-bond donors (Lipinski definition) is 3. The van der Waals surface area contributed by atoms with Gasteiger partial charge in [-0.15, -0.1) is 0 Å². The van der Waals surface area contributed by atoms with Crippen molar-refractivity contribution in [3.63, 3.8) is 0 Å². The van der Waals surface area contributed by atoms with Crippen LogP contribution in [0.5, 0.6) is 0 Å². The number of methoxy groups -OCH3 is 1. The minimum absolute atomic E-state index is 0.176. The van der Waals surface area contributed by atoms with Crippen molar-refractivity contribution in [2.45, 2.75) is 19.0 Å². The maximum atomic E-state index is 12.7. The maximum Gasteiger partial charge on any atom is 0.326 e. The molecular formula is C13H17FN2O4. The molecule has 1 aromatic rings. The number of ether oxygens (including phenoxy) is 1. The fraction of sp³-hybridized carbons (Fsp3) is 0.385. The zero-order valence-corrected chi connectivity index (χ0v) is 11.1. The van der Waals surface area contributed by atoms with Crippen LogP contribution in [0.1, 0.15) is 12.0 Å². The molecular weight excluding hydrogens is 267 g/mol. The summed E-state index contributed by atoms with van der Waals surface area (Å²) in [6, 6.07) is 4.03. The number of nitrogens with one attached hydrogen (secondary N) is 2. The first-order chi connectivity index (χ1) is 9.52. The fourth-order valence-corrected chi connectivity index (χ4v) is 1.49. The van der Waals surface area contributed by atoms with Gasteiger partial charge >= 0.3 is 12.0 Å². The van der Waals surface area contributed by atoms with Crippen molar-refractivity contribution in [1.29, 1.82) is 0 Å². The van der Waals surface area contributed by atoms with Crippen LogP contribution in [-0.2, 0) is 16.1 Å². The molecule has 0 radical (unpaired) electrons. The van der Waals surface area contributed by atoms with E-state index in [-0.39, 0.29) is 25.4 Å². The lowest BCUT2D eigenvalue weighted by Gasteiger charge is -2.14. The molecule has 0 saturated carbocycles. The van der Waals surface area contributed by atoms with E-state index < -0.39 is 18.0 Å². The highest BCUT2D eigenvalue weighted by atomic mass is 19.1. The van der Waals surface area contributed by atoms with Gasteiger partial charge in [-0.2, -0.15) is 0 Å². The summed E-state index contributed by atoms with van der Waals surface area (Å²) in [5.41, 5.74) is 0.713. The second-order valence-corrected chi connectivity index (χ2v) is 4.13. The van der Waals surface area contributed by atoms with Gasteiger partial charge in [0.05, 0.1) is 0 Å². The number of benzene rings is 1. The number of carbonyl (C=O) groups is 2. The largest absolute Gasteiger partial charge is 0.480 e. The van der Waals surface area contributed by atoms with E-state index in [2.05, 4.69) is 10.6 Å². The molecule has 6 nitrogen and oxygen atoms in total. The molecule has 0 spiro atoms. The lowest BCUT2D eigenvalue weighted by Crippen LogP contribution is -2.46. The summed E-state index contributed by atoms with van der Waals surface area (Å²) in [6.45, 7) is 0.415. The minimum Gasteiger partial charge on any atom is -0.480 e. The molecule has 20 heavy (non-hydrogen) atoms. The Labute approximate surface area is 115 Å². The van der Waals surface area contributed by atoms with Gasteiger partial charge in [-0.1, -0.05) is 12.1 Å². The van der Waals surface area contributed by atoms with E-state index in [0.29, 0.717) is 5.56 Å². The van der Waals surface area contributed by atoms with Gasteiger partial charge in [0.25, 0.3) is 0 Å².